The van der Waals surface area contributed by atoms with Crippen molar-refractivity contribution in [1.29, 1.82) is 0 Å². The molecule has 0 saturated carbocycles. The summed E-state index contributed by atoms with van der Waals surface area (Å²) in [6.45, 7) is 2.12. The lowest BCUT2D eigenvalue weighted by Gasteiger charge is -2.24. The van der Waals surface area contributed by atoms with E-state index in [4.69, 9.17) is 23.1 Å². The summed E-state index contributed by atoms with van der Waals surface area (Å²) in [6, 6.07) is 55.1. The van der Waals surface area contributed by atoms with Crippen LogP contribution >= 0.6 is 43.5 Å². The second-order valence-corrected chi connectivity index (χ2v) is 16.2. The summed E-state index contributed by atoms with van der Waals surface area (Å²) < 4.78 is 2.18. The molecule has 0 unspecified atom stereocenters. The van der Waals surface area contributed by atoms with Gasteiger partial charge in [-0.1, -0.05) is 122 Å². The van der Waals surface area contributed by atoms with Crippen LogP contribution in [0, 0.1) is 6.92 Å². The van der Waals surface area contributed by atoms with Crippen LogP contribution in [0.1, 0.15) is 13.0 Å². The minimum absolute atomic E-state index is 0. The summed E-state index contributed by atoms with van der Waals surface area (Å²) in [5.41, 5.74) is 17.7. The summed E-state index contributed by atoms with van der Waals surface area (Å²) >= 11 is 12.8. The van der Waals surface area contributed by atoms with Gasteiger partial charge in [0, 0.05) is 14.0 Å². The summed E-state index contributed by atoms with van der Waals surface area (Å²) in [5, 5.41) is 23.4. The van der Waals surface area contributed by atoms with Crippen molar-refractivity contribution in [3.63, 3.8) is 0 Å². The summed E-state index contributed by atoms with van der Waals surface area (Å²) in [4.78, 5) is 0. The predicted molar refractivity (Wildman–Crippen MR) is 258 cm³/mol. The van der Waals surface area contributed by atoms with Gasteiger partial charge in [-0.05, 0) is 164 Å². The molecular formula is C50H39Br2ClN4. The summed E-state index contributed by atoms with van der Waals surface area (Å²) in [6.07, 6.45) is 0. The van der Waals surface area contributed by atoms with Crippen LogP contribution < -0.4 is 22.1 Å². The Morgan fingerprint density at radius 3 is 1.12 bits per heavy atom. The van der Waals surface area contributed by atoms with E-state index in [1.165, 1.54) is 70.2 Å². The monoisotopic (exact) mass is 888 g/mol. The number of nitrogens with two attached hydrogens (primary N) is 2. The molecule has 10 aromatic carbocycles. The van der Waals surface area contributed by atoms with Crippen LogP contribution in [0.2, 0.25) is 5.02 Å². The molecule has 0 fully saturated rings. The van der Waals surface area contributed by atoms with Gasteiger partial charge in [0.15, 0.2) is 0 Å². The van der Waals surface area contributed by atoms with Gasteiger partial charge < -0.3 is 22.1 Å². The zero-order chi connectivity index (χ0) is 38.5. The van der Waals surface area contributed by atoms with Crippen molar-refractivity contribution in [2.75, 3.05) is 22.1 Å². The molecular weight excluding hydrogens is 852 g/mol. The van der Waals surface area contributed by atoms with Crippen LogP contribution in [0.3, 0.4) is 0 Å². The molecule has 0 atom stereocenters. The van der Waals surface area contributed by atoms with Gasteiger partial charge >= 0.3 is 0 Å². The normalized spacial score (nSPS) is 11.4. The lowest BCUT2D eigenvalue weighted by Crippen LogP contribution is -2.06. The number of benzene rings is 10. The SMILES string of the molecule is Brc1cc2c3ccccc3c3ccccc3c2cc1Br.C.Cc1ccc2c(c1)Nc1cc3c4ccccc4c4ccccc4c3cc1N2.Nc1ccc(Cl)cc1N. The van der Waals surface area contributed by atoms with E-state index in [-0.39, 0.29) is 7.43 Å². The standard InChI is InChI=1S/C25H18N2.C18H10Br2.C6H7ClN2.CH4/c1-15-10-11-22-23(12-15)27-25-14-21-19-9-5-3-7-17(19)16-6-2-4-8-18(16)20(21)13-24(25)26-22;19-17-9-15-13-7-3-1-5-11(13)12-6-2-4-8-14(12)16(15)10-18(17)20;7-4-1-2-5(8)6(9)3-4;/h2-14,26-27H,1H3;1-10H;1-3H,8-9H2;1H4. The molecule has 0 bridgehead atoms. The maximum absolute atomic E-state index is 5.58. The van der Waals surface area contributed by atoms with Crippen molar-refractivity contribution in [3.05, 3.63) is 177 Å². The molecule has 57 heavy (non-hydrogen) atoms. The molecule has 1 aliphatic rings. The molecule has 1 heterocycles. The van der Waals surface area contributed by atoms with Gasteiger partial charge in [-0.3, -0.25) is 0 Å². The number of nitrogens with one attached hydrogen (secondary N) is 2. The van der Waals surface area contributed by atoms with Crippen molar-refractivity contribution >= 4 is 142 Å². The zero-order valence-corrected chi connectivity index (χ0v) is 34.2. The molecule has 0 aromatic heterocycles. The average Bonchev–Trinajstić information content (AvgIpc) is 3.22. The van der Waals surface area contributed by atoms with E-state index in [1.807, 2.05) is 0 Å². The number of rotatable bonds is 0. The fourth-order valence-electron chi connectivity index (χ4n) is 7.76. The van der Waals surface area contributed by atoms with Crippen LogP contribution in [0.5, 0.6) is 0 Å². The second kappa shape index (κ2) is 15.6. The van der Waals surface area contributed by atoms with E-state index in [1.54, 1.807) is 18.2 Å². The van der Waals surface area contributed by atoms with E-state index < -0.39 is 0 Å². The highest BCUT2D eigenvalue weighted by Crippen LogP contribution is 2.45. The maximum Gasteiger partial charge on any atom is 0.0630 e. The lowest BCUT2D eigenvalue weighted by atomic mass is 9.93. The first-order valence-electron chi connectivity index (χ1n) is 18.2. The summed E-state index contributed by atoms with van der Waals surface area (Å²) in [5.74, 6) is 0. The minimum atomic E-state index is 0. The Morgan fingerprint density at radius 1 is 0.386 bits per heavy atom. The van der Waals surface area contributed by atoms with Gasteiger partial charge in [0.25, 0.3) is 0 Å². The fraction of sp³-hybridized carbons (Fsp3) is 0.0400. The van der Waals surface area contributed by atoms with Crippen molar-refractivity contribution in [1.82, 2.24) is 0 Å². The molecule has 10 aromatic rings. The van der Waals surface area contributed by atoms with Gasteiger partial charge in [-0.2, -0.15) is 0 Å². The number of halogens is 3. The number of hydrogen-bond donors (Lipinski definition) is 4. The number of aryl methyl sites for hydroxylation is 1. The molecule has 0 radical (unpaired) electrons. The molecule has 7 heteroatoms. The first-order chi connectivity index (χ1) is 27.2. The molecule has 280 valence electrons. The Kier molecular flexibility index (Phi) is 10.4. The topological polar surface area (TPSA) is 76.1 Å². The van der Waals surface area contributed by atoms with Crippen LogP contribution in [-0.4, -0.2) is 0 Å². The maximum atomic E-state index is 5.58. The number of fused-ring (bicyclic) bond motifs is 14. The summed E-state index contributed by atoms with van der Waals surface area (Å²) in [7, 11) is 0. The molecule has 0 aliphatic carbocycles. The lowest BCUT2D eigenvalue weighted by molar-refractivity contribution is 1.41. The smallest absolute Gasteiger partial charge is 0.0630 e. The molecule has 0 amide bonds. The minimum Gasteiger partial charge on any atom is -0.397 e. The van der Waals surface area contributed by atoms with Crippen LogP contribution in [0.4, 0.5) is 34.1 Å². The highest BCUT2D eigenvalue weighted by molar-refractivity contribution is 9.13. The van der Waals surface area contributed by atoms with Gasteiger partial charge in [-0.15, -0.1) is 0 Å². The van der Waals surface area contributed by atoms with Crippen molar-refractivity contribution in [2.45, 2.75) is 14.4 Å². The van der Waals surface area contributed by atoms with Gasteiger partial charge in [0.2, 0.25) is 0 Å². The third kappa shape index (κ3) is 7.10. The van der Waals surface area contributed by atoms with Crippen molar-refractivity contribution < 1.29 is 0 Å². The third-order valence-electron chi connectivity index (χ3n) is 10.4. The fourth-order valence-corrected chi connectivity index (χ4v) is 8.63. The van der Waals surface area contributed by atoms with Crippen molar-refractivity contribution in [3.8, 4) is 0 Å². The molecule has 4 nitrogen and oxygen atoms in total. The largest absolute Gasteiger partial charge is 0.397 e. The number of hydrogen-bond acceptors (Lipinski definition) is 4. The Labute approximate surface area is 353 Å². The molecule has 11 rings (SSSR count). The van der Waals surface area contributed by atoms with E-state index >= 15 is 0 Å². The van der Waals surface area contributed by atoms with Gasteiger partial charge in [-0.25, -0.2) is 0 Å². The molecule has 1 aliphatic heterocycles. The average molecular weight is 891 g/mol. The Morgan fingerprint density at radius 2 is 0.737 bits per heavy atom. The number of nitrogen functional groups attached to an aromatic ring is 2. The predicted octanol–water partition coefficient (Wildman–Crippen LogP) is 16.1. The van der Waals surface area contributed by atoms with E-state index in [2.05, 4.69) is 189 Å². The Hall–Kier alpha value is -5.79. The second-order valence-electron chi connectivity index (χ2n) is 14.0. The van der Waals surface area contributed by atoms with Crippen LogP contribution in [-0.2, 0) is 0 Å². The highest BCUT2D eigenvalue weighted by atomic mass is 79.9. The Balaban J connectivity index is 0.000000133. The van der Waals surface area contributed by atoms with Crippen LogP contribution in [0.25, 0.3) is 64.6 Å². The van der Waals surface area contributed by atoms with Gasteiger partial charge in [0.05, 0.1) is 34.1 Å². The van der Waals surface area contributed by atoms with E-state index in [0.29, 0.717) is 16.4 Å². The highest BCUT2D eigenvalue weighted by Gasteiger charge is 2.18. The Bertz CT molecular complexity index is 3100. The van der Waals surface area contributed by atoms with E-state index in [0.717, 1.165) is 31.7 Å². The molecule has 6 N–H and O–H groups in total. The first-order valence-corrected chi connectivity index (χ1v) is 20.2. The van der Waals surface area contributed by atoms with Crippen LogP contribution in [0.15, 0.2) is 167 Å². The third-order valence-corrected chi connectivity index (χ3v) is 12.5. The first kappa shape index (κ1) is 38.1. The number of anilines is 6. The van der Waals surface area contributed by atoms with Gasteiger partial charge in [0.1, 0.15) is 0 Å². The molecule has 0 spiro atoms. The van der Waals surface area contributed by atoms with E-state index in [9.17, 15) is 0 Å². The molecule has 0 saturated heterocycles. The zero-order valence-electron chi connectivity index (χ0n) is 30.3. The quantitative estimate of drug-likeness (QED) is 0.0904. The van der Waals surface area contributed by atoms with Crippen molar-refractivity contribution in [2.24, 2.45) is 0 Å².